The molecule has 0 fully saturated rings. The summed E-state index contributed by atoms with van der Waals surface area (Å²) in [6.45, 7) is 1.99. The molecule has 7 nitrogen and oxygen atoms in total. The molecule has 8 heteroatoms. The molecule has 0 aromatic carbocycles. The van der Waals surface area contributed by atoms with Gasteiger partial charge < -0.3 is 8.98 Å². The van der Waals surface area contributed by atoms with E-state index in [0.29, 0.717) is 11.6 Å². The second kappa shape index (κ2) is 4.57. The third-order valence-corrected chi connectivity index (χ3v) is 3.79. The largest absolute Gasteiger partial charge is 0.414 e. The van der Waals surface area contributed by atoms with Gasteiger partial charge in [0.05, 0.1) is 16.0 Å². The topological polar surface area (TPSA) is 87.0 Å². The molecule has 0 aliphatic heterocycles. The SMILES string of the molecule is Cc1ccc(-c2nnc(-c3cc([N+](=O)[O-])cn3C)o2)s1. The van der Waals surface area contributed by atoms with Gasteiger partial charge in [0.2, 0.25) is 0 Å². The number of thiophene rings is 1. The van der Waals surface area contributed by atoms with Crippen LogP contribution in [0.2, 0.25) is 0 Å². The molecule has 102 valence electrons. The van der Waals surface area contributed by atoms with Crippen LogP contribution in [0.5, 0.6) is 0 Å². The second-order valence-corrected chi connectivity index (χ2v) is 5.56. The van der Waals surface area contributed by atoms with Gasteiger partial charge in [-0.2, -0.15) is 0 Å². The highest BCUT2D eigenvalue weighted by Crippen LogP contribution is 2.30. The highest BCUT2D eigenvalue weighted by molar-refractivity contribution is 7.15. The Bertz CT molecular complexity index is 786. The lowest BCUT2D eigenvalue weighted by molar-refractivity contribution is -0.384. The minimum absolute atomic E-state index is 0.00535. The van der Waals surface area contributed by atoms with E-state index in [4.69, 9.17) is 4.42 Å². The highest BCUT2D eigenvalue weighted by Gasteiger charge is 2.18. The van der Waals surface area contributed by atoms with Crippen molar-refractivity contribution >= 4 is 17.0 Å². The van der Waals surface area contributed by atoms with Gasteiger partial charge in [0.25, 0.3) is 17.5 Å². The van der Waals surface area contributed by atoms with E-state index in [1.54, 1.807) is 23.0 Å². The Morgan fingerprint density at radius 2 is 2.10 bits per heavy atom. The molecule has 0 saturated heterocycles. The van der Waals surface area contributed by atoms with E-state index >= 15 is 0 Å². The van der Waals surface area contributed by atoms with Crippen molar-refractivity contribution in [3.8, 4) is 22.4 Å². The van der Waals surface area contributed by atoms with Crippen molar-refractivity contribution in [3.63, 3.8) is 0 Å². The first-order valence-electron chi connectivity index (χ1n) is 5.76. The monoisotopic (exact) mass is 290 g/mol. The summed E-state index contributed by atoms with van der Waals surface area (Å²) in [4.78, 5) is 12.3. The maximum Gasteiger partial charge on any atom is 0.287 e. The van der Waals surface area contributed by atoms with Crippen LogP contribution in [0.4, 0.5) is 5.69 Å². The average Bonchev–Trinajstić information content (AvgIpc) is 3.07. The van der Waals surface area contributed by atoms with Gasteiger partial charge in [0, 0.05) is 18.0 Å². The third kappa shape index (κ3) is 2.10. The molecule has 0 atom stereocenters. The molecule has 0 aliphatic carbocycles. The molecular formula is C12H10N4O3S. The van der Waals surface area contributed by atoms with Gasteiger partial charge in [-0.25, -0.2) is 0 Å². The minimum atomic E-state index is -0.455. The molecule has 0 N–H and O–H groups in total. The molecule has 20 heavy (non-hydrogen) atoms. The summed E-state index contributed by atoms with van der Waals surface area (Å²) < 4.78 is 7.18. The van der Waals surface area contributed by atoms with Crippen LogP contribution in [0, 0.1) is 17.0 Å². The predicted octanol–water partition coefficient (Wildman–Crippen LogP) is 3.02. The molecule has 0 amide bonds. The molecule has 3 rings (SSSR count). The first-order valence-corrected chi connectivity index (χ1v) is 6.57. The third-order valence-electron chi connectivity index (χ3n) is 2.80. The maximum atomic E-state index is 10.8. The van der Waals surface area contributed by atoms with E-state index < -0.39 is 4.92 Å². The van der Waals surface area contributed by atoms with Gasteiger partial charge in [0.15, 0.2) is 0 Å². The number of nitrogens with zero attached hydrogens (tertiary/aromatic N) is 4. The zero-order valence-electron chi connectivity index (χ0n) is 10.7. The number of hydrogen-bond donors (Lipinski definition) is 0. The Morgan fingerprint density at radius 1 is 1.35 bits per heavy atom. The number of aromatic nitrogens is 3. The summed E-state index contributed by atoms with van der Waals surface area (Å²) in [5, 5.41) is 18.7. The Balaban J connectivity index is 2.00. The molecule has 0 spiro atoms. The molecule has 0 unspecified atom stereocenters. The number of nitro groups is 1. The van der Waals surface area contributed by atoms with Gasteiger partial charge in [0.1, 0.15) is 5.69 Å². The van der Waals surface area contributed by atoms with Crippen LogP contribution in [0.25, 0.3) is 22.4 Å². The Morgan fingerprint density at radius 3 is 2.70 bits per heavy atom. The summed E-state index contributed by atoms with van der Waals surface area (Å²) in [6, 6.07) is 5.29. The zero-order valence-corrected chi connectivity index (χ0v) is 11.5. The molecule has 3 aromatic heterocycles. The lowest BCUT2D eigenvalue weighted by atomic mass is 10.4. The number of hydrogen-bond acceptors (Lipinski definition) is 6. The molecule has 3 aromatic rings. The average molecular weight is 290 g/mol. The fourth-order valence-corrected chi connectivity index (χ4v) is 2.62. The fraction of sp³-hybridized carbons (Fsp3) is 0.167. The maximum absolute atomic E-state index is 10.8. The number of rotatable bonds is 3. The Labute approximate surface area is 117 Å². The Hall–Kier alpha value is -2.48. The van der Waals surface area contributed by atoms with Crippen LogP contribution in [0.3, 0.4) is 0 Å². The van der Waals surface area contributed by atoms with Crippen molar-refractivity contribution < 1.29 is 9.34 Å². The van der Waals surface area contributed by atoms with Gasteiger partial charge in [-0.05, 0) is 19.1 Å². The van der Waals surface area contributed by atoms with Crippen LogP contribution in [0.15, 0.2) is 28.8 Å². The minimum Gasteiger partial charge on any atom is -0.414 e. The Kier molecular flexibility index (Phi) is 2.87. The van der Waals surface area contributed by atoms with Gasteiger partial charge in [-0.15, -0.1) is 21.5 Å². The van der Waals surface area contributed by atoms with Crippen LogP contribution >= 0.6 is 11.3 Å². The smallest absolute Gasteiger partial charge is 0.287 e. The fourth-order valence-electron chi connectivity index (χ4n) is 1.84. The van der Waals surface area contributed by atoms with E-state index in [2.05, 4.69) is 10.2 Å². The summed E-state index contributed by atoms with van der Waals surface area (Å²) >= 11 is 1.55. The van der Waals surface area contributed by atoms with Crippen molar-refractivity contribution in [1.29, 1.82) is 0 Å². The van der Waals surface area contributed by atoms with E-state index in [1.807, 2.05) is 19.1 Å². The van der Waals surface area contributed by atoms with Gasteiger partial charge in [-0.3, -0.25) is 10.1 Å². The first-order chi connectivity index (χ1) is 9.54. The molecule has 0 radical (unpaired) electrons. The van der Waals surface area contributed by atoms with Crippen LogP contribution in [0.1, 0.15) is 4.88 Å². The van der Waals surface area contributed by atoms with Crippen LogP contribution < -0.4 is 0 Å². The van der Waals surface area contributed by atoms with Crippen molar-refractivity contribution in [2.45, 2.75) is 6.92 Å². The quantitative estimate of drug-likeness (QED) is 0.546. The van der Waals surface area contributed by atoms with Gasteiger partial charge >= 0.3 is 0 Å². The van der Waals surface area contributed by atoms with Crippen molar-refractivity contribution in [3.05, 3.63) is 39.4 Å². The molecule has 0 saturated carbocycles. The summed E-state index contributed by atoms with van der Waals surface area (Å²) in [7, 11) is 1.70. The van der Waals surface area contributed by atoms with Crippen molar-refractivity contribution in [2.24, 2.45) is 7.05 Å². The van der Waals surface area contributed by atoms with E-state index in [-0.39, 0.29) is 11.6 Å². The van der Waals surface area contributed by atoms with E-state index in [9.17, 15) is 10.1 Å². The number of aryl methyl sites for hydroxylation is 2. The first kappa shape index (κ1) is 12.5. The zero-order chi connectivity index (χ0) is 14.3. The summed E-state index contributed by atoms with van der Waals surface area (Å²) in [5.74, 6) is 0.684. The summed E-state index contributed by atoms with van der Waals surface area (Å²) in [6.07, 6.45) is 1.41. The predicted molar refractivity (Wildman–Crippen MR) is 73.4 cm³/mol. The van der Waals surface area contributed by atoms with Crippen molar-refractivity contribution in [2.75, 3.05) is 0 Å². The van der Waals surface area contributed by atoms with E-state index in [1.165, 1.54) is 12.3 Å². The lowest BCUT2D eigenvalue weighted by Crippen LogP contribution is -1.89. The second-order valence-electron chi connectivity index (χ2n) is 4.27. The van der Waals surface area contributed by atoms with Crippen LogP contribution in [-0.2, 0) is 7.05 Å². The molecule has 0 aliphatic rings. The highest BCUT2D eigenvalue weighted by atomic mass is 32.1. The van der Waals surface area contributed by atoms with Crippen molar-refractivity contribution in [1.82, 2.24) is 14.8 Å². The summed E-state index contributed by atoms with van der Waals surface area (Å²) in [5.41, 5.74) is 0.512. The molecule has 3 heterocycles. The van der Waals surface area contributed by atoms with Gasteiger partial charge in [-0.1, -0.05) is 0 Å². The van der Waals surface area contributed by atoms with Crippen LogP contribution in [-0.4, -0.2) is 19.7 Å². The molecule has 0 bridgehead atoms. The lowest BCUT2D eigenvalue weighted by Gasteiger charge is -1.94. The normalized spacial score (nSPS) is 10.9. The standard InChI is InChI=1S/C12H10N4O3S/c1-7-3-4-10(20-7)12-14-13-11(19-12)9-5-8(16(17)18)6-15(9)2/h3-6H,1-2H3. The molecular weight excluding hydrogens is 280 g/mol. The van der Waals surface area contributed by atoms with E-state index in [0.717, 1.165) is 9.75 Å².